The maximum Gasteiger partial charge on any atom is 0.251 e. The van der Waals surface area contributed by atoms with Crippen LogP contribution in [0.2, 0.25) is 0 Å². The van der Waals surface area contributed by atoms with E-state index in [1.54, 1.807) is 11.8 Å². The molecule has 3 rings (SSSR count). The van der Waals surface area contributed by atoms with Crippen LogP contribution in [0.3, 0.4) is 0 Å². The fourth-order valence-electron chi connectivity index (χ4n) is 2.99. The molecule has 29 heavy (non-hydrogen) atoms. The number of amides is 1. The molecular formula is C23H26N4OS. The second-order valence-corrected chi connectivity index (χ2v) is 8.02. The zero-order valence-electron chi connectivity index (χ0n) is 17.1. The maximum absolute atomic E-state index is 12.6. The van der Waals surface area contributed by atoms with Crippen molar-refractivity contribution in [2.24, 2.45) is 0 Å². The van der Waals surface area contributed by atoms with E-state index in [1.165, 1.54) is 11.1 Å². The normalized spacial score (nSPS) is 11.8. The molecule has 0 fully saturated rings. The number of allylic oxidation sites excluding steroid dienone is 1. The summed E-state index contributed by atoms with van der Waals surface area (Å²) in [6.45, 7) is 10.4. The Kier molecular flexibility index (Phi) is 6.88. The molecule has 1 heterocycles. The second kappa shape index (κ2) is 9.56. The van der Waals surface area contributed by atoms with Gasteiger partial charge in [-0.2, -0.15) is 0 Å². The molecule has 1 unspecified atom stereocenters. The summed E-state index contributed by atoms with van der Waals surface area (Å²) >= 11 is 1.63. The van der Waals surface area contributed by atoms with Gasteiger partial charge in [0, 0.05) is 17.9 Å². The molecule has 0 saturated heterocycles. The molecule has 1 atom stereocenters. The van der Waals surface area contributed by atoms with Gasteiger partial charge in [0.15, 0.2) is 11.0 Å². The van der Waals surface area contributed by atoms with E-state index in [9.17, 15) is 4.79 Å². The highest BCUT2D eigenvalue weighted by Crippen LogP contribution is 2.24. The van der Waals surface area contributed by atoms with Crippen molar-refractivity contribution < 1.29 is 4.79 Å². The van der Waals surface area contributed by atoms with E-state index in [4.69, 9.17) is 0 Å². The van der Waals surface area contributed by atoms with E-state index in [0.717, 1.165) is 22.3 Å². The standard InChI is InChI=1S/C23H26N4OS/c1-5-13-27-21(18(4)24-22(28)20-8-6-7-17(3)14-20)25-26-23(27)29-15-19-11-9-16(2)10-12-19/h5-12,14,18H,1,13,15H2,2-4H3,(H,24,28). The number of aromatic nitrogens is 3. The lowest BCUT2D eigenvalue weighted by Gasteiger charge is -2.15. The summed E-state index contributed by atoms with van der Waals surface area (Å²) in [4.78, 5) is 12.6. The molecule has 0 spiro atoms. The van der Waals surface area contributed by atoms with Gasteiger partial charge < -0.3 is 9.88 Å². The molecule has 1 N–H and O–H groups in total. The van der Waals surface area contributed by atoms with Crippen molar-refractivity contribution in [3.8, 4) is 0 Å². The lowest BCUT2D eigenvalue weighted by Crippen LogP contribution is -2.28. The van der Waals surface area contributed by atoms with E-state index < -0.39 is 0 Å². The number of hydrogen-bond acceptors (Lipinski definition) is 4. The quantitative estimate of drug-likeness (QED) is 0.428. The minimum absolute atomic E-state index is 0.122. The average Bonchev–Trinajstić information content (AvgIpc) is 3.10. The summed E-state index contributed by atoms with van der Waals surface area (Å²) in [6, 6.07) is 15.7. The summed E-state index contributed by atoms with van der Waals surface area (Å²) in [7, 11) is 0. The molecule has 3 aromatic rings. The Balaban J connectivity index is 1.73. The minimum Gasteiger partial charge on any atom is -0.342 e. The lowest BCUT2D eigenvalue weighted by atomic mass is 10.1. The van der Waals surface area contributed by atoms with Crippen LogP contribution in [0.4, 0.5) is 0 Å². The van der Waals surface area contributed by atoms with Crippen LogP contribution in [0.5, 0.6) is 0 Å². The minimum atomic E-state index is -0.274. The SMILES string of the molecule is C=CCn1c(SCc2ccc(C)cc2)nnc1C(C)NC(=O)c1cccc(C)c1. The van der Waals surface area contributed by atoms with Crippen molar-refractivity contribution in [1.82, 2.24) is 20.1 Å². The molecule has 150 valence electrons. The van der Waals surface area contributed by atoms with Gasteiger partial charge in [-0.25, -0.2) is 0 Å². The molecule has 6 heteroatoms. The first-order valence-corrected chi connectivity index (χ1v) is 10.6. The summed E-state index contributed by atoms with van der Waals surface area (Å²) in [6.07, 6.45) is 1.82. The monoisotopic (exact) mass is 406 g/mol. The Morgan fingerprint density at radius 2 is 1.93 bits per heavy atom. The van der Waals surface area contributed by atoms with Crippen LogP contribution in [-0.4, -0.2) is 20.7 Å². The van der Waals surface area contributed by atoms with Gasteiger partial charge in [0.1, 0.15) is 0 Å². The fraction of sp³-hybridized carbons (Fsp3) is 0.261. The van der Waals surface area contributed by atoms with Gasteiger partial charge in [-0.1, -0.05) is 65.4 Å². The molecule has 0 radical (unpaired) electrons. The van der Waals surface area contributed by atoms with Crippen molar-refractivity contribution in [1.29, 1.82) is 0 Å². The molecule has 1 amide bonds. The predicted octanol–water partition coefficient (Wildman–Crippen LogP) is 4.86. The number of rotatable bonds is 8. The lowest BCUT2D eigenvalue weighted by molar-refractivity contribution is 0.0937. The van der Waals surface area contributed by atoms with Gasteiger partial charge in [0.25, 0.3) is 5.91 Å². The number of carbonyl (C=O) groups excluding carboxylic acids is 1. The van der Waals surface area contributed by atoms with Crippen LogP contribution in [0.1, 0.15) is 45.8 Å². The molecule has 2 aromatic carbocycles. The Bertz CT molecular complexity index is 994. The van der Waals surface area contributed by atoms with Crippen LogP contribution >= 0.6 is 11.8 Å². The van der Waals surface area contributed by atoms with Gasteiger partial charge in [0.05, 0.1) is 6.04 Å². The van der Waals surface area contributed by atoms with E-state index >= 15 is 0 Å². The summed E-state index contributed by atoms with van der Waals surface area (Å²) in [5.74, 6) is 1.40. The Morgan fingerprint density at radius 3 is 2.62 bits per heavy atom. The van der Waals surface area contributed by atoms with Gasteiger partial charge in [0.2, 0.25) is 0 Å². The van der Waals surface area contributed by atoms with Crippen molar-refractivity contribution >= 4 is 17.7 Å². The zero-order chi connectivity index (χ0) is 20.8. The maximum atomic E-state index is 12.6. The first-order valence-electron chi connectivity index (χ1n) is 9.58. The first-order chi connectivity index (χ1) is 14.0. The molecular weight excluding hydrogens is 380 g/mol. The highest BCUT2D eigenvalue weighted by atomic mass is 32.2. The van der Waals surface area contributed by atoms with E-state index in [1.807, 2.05) is 48.8 Å². The molecule has 0 aliphatic rings. The number of benzene rings is 2. The zero-order valence-corrected chi connectivity index (χ0v) is 17.9. The molecule has 0 saturated carbocycles. The van der Waals surface area contributed by atoms with Crippen LogP contribution in [0.15, 0.2) is 66.3 Å². The second-order valence-electron chi connectivity index (χ2n) is 7.08. The van der Waals surface area contributed by atoms with Gasteiger partial charge in [-0.15, -0.1) is 16.8 Å². The summed E-state index contributed by atoms with van der Waals surface area (Å²) in [5.41, 5.74) is 4.17. The largest absolute Gasteiger partial charge is 0.342 e. The third-order valence-electron chi connectivity index (χ3n) is 4.56. The number of aryl methyl sites for hydroxylation is 2. The Hall–Kier alpha value is -2.86. The summed E-state index contributed by atoms with van der Waals surface area (Å²) < 4.78 is 2.01. The number of thioether (sulfide) groups is 1. The third kappa shape index (κ3) is 5.35. The Labute approximate surface area is 176 Å². The van der Waals surface area contributed by atoms with Crippen LogP contribution in [0, 0.1) is 13.8 Å². The van der Waals surface area contributed by atoms with E-state index in [0.29, 0.717) is 12.1 Å². The van der Waals surface area contributed by atoms with Crippen molar-refractivity contribution in [2.75, 3.05) is 0 Å². The van der Waals surface area contributed by atoms with Crippen LogP contribution < -0.4 is 5.32 Å². The van der Waals surface area contributed by atoms with Crippen LogP contribution in [-0.2, 0) is 12.3 Å². The fourth-order valence-corrected chi connectivity index (χ4v) is 3.90. The van der Waals surface area contributed by atoms with Gasteiger partial charge >= 0.3 is 0 Å². The van der Waals surface area contributed by atoms with Crippen molar-refractivity contribution in [3.63, 3.8) is 0 Å². The Morgan fingerprint density at radius 1 is 1.17 bits per heavy atom. The number of nitrogens with one attached hydrogen (secondary N) is 1. The third-order valence-corrected chi connectivity index (χ3v) is 5.60. The molecule has 0 bridgehead atoms. The van der Waals surface area contributed by atoms with E-state index in [-0.39, 0.29) is 11.9 Å². The number of carbonyl (C=O) groups is 1. The first kappa shape index (κ1) is 20.9. The highest BCUT2D eigenvalue weighted by Gasteiger charge is 2.20. The van der Waals surface area contributed by atoms with Gasteiger partial charge in [-0.05, 0) is 38.5 Å². The molecule has 1 aromatic heterocycles. The van der Waals surface area contributed by atoms with Crippen molar-refractivity contribution in [2.45, 2.75) is 44.3 Å². The molecule has 0 aliphatic carbocycles. The number of nitrogens with zero attached hydrogens (tertiary/aromatic N) is 3. The molecule has 0 aliphatic heterocycles. The highest BCUT2D eigenvalue weighted by molar-refractivity contribution is 7.98. The smallest absolute Gasteiger partial charge is 0.251 e. The van der Waals surface area contributed by atoms with E-state index in [2.05, 4.69) is 53.3 Å². The van der Waals surface area contributed by atoms with Crippen LogP contribution in [0.25, 0.3) is 0 Å². The molecule has 5 nitrogen and oxygen atoms in total. The van der Waals surface area contributed by atoms with Crippen molar-refractivity contribution in [3.05, 3.63) is 89.3 Å². The number of hydrogen-bond donors (Lipinski definition) is 1. The summed E-state index contributed by atoms with van der Waals surface area (Å²) in [5, 5.41) is 12.6. The average molecular weight is 407 g/mol. The van der Waals surface area contributed by atoms with Gasteiger partial charge in [-0.3, -0.25) is 4.79 Å². The topological polar surface area (TPSA) is 59.8 Å². The predicted molar refractivity (Wildman–Crippen MR) is 118 cm³/mol.